The Morgan fingerprint density at radius 3 is 1.90 bits per heavy atom. The summed E-state index contributed by atoms with van der Waals surface area (Å²) in [4.78, 5) is 194. The lowest BCUT2D eigenvalue weighted by atomic mass is 9.58. The Balaban J connectivity index is 1.32. The largest absolute Gasteiger partial charge is 0.394 e. The van der Waals surface area contributed by atoms with Crippen molar-refractivity contribution in [2.75, 3.05) is 89.2 Å². The number of hydrogen-bond acceptors (Lipinski definition) is 13. The van der Waals surface area contributed by atoms with Crippen molar-refractivity contribution in [1.82, 2.24) is 60.0 Å². The summed E-state index contributed by atoms with van der Waals surface area (Å²) in [5.74, 6) is -10.5. The first-order valence-electron chi connectivity index (χ1n) is 39.3. The molecule has 25 nitrogen and oxygen atoms in total. The predicted octanol–water partition coefficient (Wildman–Crippen LogP) is 6.79. The molecule has 3 N–H and O–H groups in total. The molecule has 0 aromatic rings. The van der Waals surface area contributed by atoms with Crippen LogP contribution in [-0.2, 0) is 62.3 Å². The van der Waals surface area contributed by atoms with Crippen molar-refractivity contribution in [3.05, 3.63) is 12.2 Å². The molecule has 13 atom stereocenters. The Morgan fingerprint density at radius 2 is 1.30 bits per heavy atom. The minimum absolute atomic E-state index is 0.00414. The lowest BCUT2D eigenvalue weighted by Crippen LogP contribution is -2.71. The Kier molecular flexibility index (Phi) is 30.2. The van der Waals surface area contributed by atoms with Gasteiger partial charge in [0.15, 0.2) is 0 Å². The zero-order valence-corrected chi connectivity index (χ0v) is 66.5. The van der Waals surface area contributed by atoms with Crippen molar-refractivity contribution in [2.24, 2.45) is 52.8 Å². The molecule has 0 radical (unpaired) electrons. The Bertz CT molecular complexity index is 3170. The van der Waals surface area contributed by atoms with Gasteiger partial charge in [0.05, 0.1) is 31.5 Å². The van der Waals surface area contributed by atoms with Crippen molar-refractivity contribution < 1.29 is 75.4 Å². The summed E-state index contributed by atoms with van der Waals surface area (Å²) in [5.41, 5.74) is -2.11. The minimum Gasteiger partial charge on any atom is -0.381 e. The van der Waals surface area contributed by atoms with E-state index >= 15 is 33.6 Å². The number of likely N-dealkylation sites (N-methyl/N-ethyl adjacent to an activating group) is 7. The first-order chi connectivity index (χ1) is 49.7. The van der Waals surface area contributed by atoms with E-state index in [1.54, 1.807) is 27.0 Å². The van der Waals surface area contributed by atoms with E-state index in [-0.39, 0.29) is 114 Å². The first kappa shape index (κ1) is 86.4. The number of amides is 12. The third-order valence-electron chi connectivity index (χ3n) is 24.7. The van der Waals surface area contributed by atoms with Crippen LogP contribution in [-0.4, -0.2) is 270 Å². The fourth-order valence-electron chi connectivity index (χ4n) is 18.0. The molecule has 2 saturated heterocycles. The second kappa shape index (κ2) is 37.0. The third-order valence-corrected chi connectivity index (χ3v) is 24.7. The average molecular weight is 1500 g/mol. The maximum atomic E-state index is 15.8. The van der Waals surface area contributed by atoms with Gasteiger partial charge in [0.1, 0.15) is 53.9 Å². The molecule has 7 rings (SSSR count). The Hall–Kier alpha value is -6.87. The Morgan fingerprint density at radius 1 is 0.670 bits per heavy atom. The molecule has 1 spiro atoms. The number of carbonyl (C=O) groups excluding carboxylic acids is 12. The molecule has 4 saturated carbocycles. The number of ether oxygens (including phenoxy) is 1. The molecule has 7 aliphatic rings. The summed E-state index contributed by atoms with van der Waals surface area (Å²) in [6, 6.07) is -9.89. The van der Waals surface area contributed by atoms with Crippen molar-refractivity contribution in [3.8, 4) is 0 Å². The molecular formula is C78H127F3N12O13. The molecule has 3 unspecified atom stereocenters. The fraction of sp³-hybridized carbons (Fsp3) is 0.821. The first-order valence-corrected chi connectivity index (χ1v) is 39.3. The van der Waals surface area contributed by atoms with Gasteiger partial charge in [-0.1, -0.05) is 112 Å². The van der Waals surface area contributed by atoms with Crippen LogP contribution >= 0.6 is 0 Å². The molecule has 3 aliphatic heterocycles. The van der Waals surface area contributed by atoms with E-state index < -0.39 is 180 Å². The lowest BCUT2D eigenvalue weighted by Gasteiger charge is -2.54. The van der Waals surface area contributed by atoms with Crippen LogP contribution in [0, 0.1) is 52.8 Å². The highest BCUT2D eigenvalue weighted by Crippen LogP contribution is 2.50. The highest BCUT2D eigenvalue weighted by molar-refractivity contribution is 6.01. The van der Waals surface area contributed by atoms with E-state index in [9.17, 15) is 37.1 Å². The van der Waals surface area contributed by atoms with Gasteiger partial charge in [-0.2, -0.15) is 13.2 Å². The zero-order chi connectivity index (χ0) is 78.8. The maximum Gasteiger partial charge on any atom is 0.394 e. The van der Waals surface area contributed by atoms with Gasteiger partial charge in [-0.15, -0.1) is 0 Å². The number of methoxy groups -OCH3 is 1. The number of halogens is 3. The number of carbonyl (C=O) groups is 12. The normalized spacial score (nSPS) is 32.0. The average Bonchev–Trinajstić information content (AvgIpc) is 0.889. The molecule has 12 amide bonds. The van der Waals surface area contributed by atoms with Crippen LogP contribution in [0.25, 0.3) is 0 Å². The summed E-state index contributed by atoms with van der Waals surface area (Å²) in [6.07, 6.45) is 4.98. The van der Waals surface area contributed by atoms with Gasteiger partial charge >= 0.3 is 6.18 Å². The molecule has 0 aromatic heterocycles. The van der Waals surface area contributed by atoms with Crippen molar-refractivity contribution in [1.29, 1.82) is 0 Å². The van der Waals surface area contributed by atoms with E-state index in [0.29, 0.717) is 31.6 Å². The number of rotatable bonds is 13. The summed E-state index contributed by atoms with van der Waals surface area (Å²) in [6.45, 7) is 16.2. The van der Waals surface area contributed by atoms with Crippen LogP contribution in [0.4, 0.5) is 13.2 Å². The number of hydrogen-bond donors (Lipinski definition) is 3. The van der Waals surface area contributed by atoms with Gasteiger partial charge in [-0.3, -0.25) is 57.5 Å². The highest BCUT2D eigenvalue weighted by Gasteiger charge is 2.59. The predicted molar refractivity (Wildman–Crippen MR) is 394 cm³/mol. The van der Waals surface area contributed by atoms with Gasteiger partial charge < -0.3 is 64.8 Å². The van der Waals surface area contributed by atoms with E-state index in [2.05, 4.69) is 22.9 Å². The van der Waals surface area contributed by atoms with Crippen LogP contribution < -0.4 is 16.0 Å². The molecule has 598 valence electrons. The molecule has 0 aromatic carbocycles. The van der Waals surface area contributed by atoms with Gasteiger partial charge in [0, 0.05) is 76.1 Å². The third kappa shape index (κ3) is 20.9. The fourth-order valence-corrected chi connectivity index (χ4v) is 18.0. The number of nitrogens with zero attached hydrogens (tertiary/aromatic N) is 9. The van der Waals surface area contributed by atoms with Gasteiger partial charge in [0.2, 0.25) is 70.9 Å². The quantitative estimate of drug-likeness (QED) is 0.160. The van der Waals surface area contributed by atoms with Crippen molar-refractivity contribution in [3.63, 3.8) is 0 Å². The topological polar surface area (TPSA) is 279 Å². The van der Waals surface area contributed by atoms with Crippen LogP contribution in [0.2, 0.25) is 0 Å². The molecule has 6 fully saturated rings. The van der Waals surface area contributed by atoms with Crippen LogP contribution in [0.1, 0.15) is 204 Å². The zero-order valence-electron chi connectivity index (χ0n) is 66.5. The molecular weight excluding hydrogens is 1370 g/mol. The summed E-state index contributed by atoms with van der Waals surface area (Å²) in [5, 5.41) is 8.95. The van der Waals surface area contributed by atoms with Crippen LogP contribution in [0.15, 0.2) is 12.2 Å². The number of nitrogens with one attached hydrogen (secondary N) is 3. The highest BCUT2D eigenvalue weighted by atomic mass is 19.4. The molecule has 3 heterocycles. The van der Waals surface area contributed by atoms with E-state index in [0.717, 1.165) is 38.5 Å². The molecule has 106 heavy (non-hydrogen) atoms. The SMILES string of the molecule is CC[C@H](C)[C@@H]1NC(=O)[C@H](CC(C)C)N(C)C(=O)C[C@@H](C(=O)N(C)CC)N(C)C(=O)[C@H](C2CCCC2)N(C)C(=O)C2(CC(C)(C)C2)NC(=O)[C@@H]2C[C@@H](C)CN2C(=O)[C@H](CCC2CCC(C(F)(F)F)C(OC)C2)NC(=O)CN(C)C(=O)[C@H](CC2CCC(C)CC2)N2CC/C=C\C[C@@H](C2=O)N(C)C(=O)CN(C)C1=O. The van der Waals surface area contributed by atoms with Crippen molar-refractivity contribution in [2.45, 2.75) is 270 Å². The Labute approximate surface area is 627 Å². The summed E-state index contributed by atoms with van der Waals surface area (Å²) >= 11 is 0. The van der Waals surface area contributed by atoms with Crippen LogP contribution in [0.5, 0.6) is 0 Å². The maximum absolute atomic E-state index is 15.8. The second-order valence-electron chi connectivity index (χ2n) is 34.0. The summed E-state index contributed by atoms with van der Waals surface area (Å²) in [7, 11) is 11.5. The van der Waals surface area contributed by atoms with Gasteiger partial charge in [0.25, 0.3) is 0 Å². The van der Waals surface area contributed by atoms with Gasteiger partial charge in [-0.25, -0.2) is 0 Å². The summed E-state index contributed by atoms with van der Waals surface area (Å²) < 4.78 is 48.4. The minimum atomic E-state index is -4.51. The van der Waals surface area contributed by atoms with E-state index in [1.165, 1.54) is 93.5 Å². The van der Waals surface area contributed by atoms with Gasteiger partial charge in [-0.05, 0) is 144 Å². The smallest absolute Gasteiger partial charge is 0.381 e. The van der Waals surface area contributed by atoms with E-state index in [4.69, 9.17) is 4.74 Å². The molecule has 4 aliphatic carbocycles. The monoisotopic (exact) mass is 1500 g/mol. The standard InChI is InChI=1S/C78H127F3N12O13/c1-18-50(7)65-73(103)87(12)44-64(96)88(13)56-27-21-20-24-36-92(72(56)102)60(39-51-30-28-48(5)29-31-51)71(101)86(11)43-62(94)82-55(35-33-52-32-34-54(78(79,80)81)61(40-52)106-17)69(99)93-42-49(6)38-58(93)68(98)84-77(45-76(8,9)46-77)75(105)91(16)66(53-25-22-23-26-53)74(104)90(15)59(70(100)85(10)19-2)41-63(95)89(14)57(37-47(3)4)67(97)83-65/h20-21,47-61,65-66H,18-19,22-46H2,1-17H3,(H,82,94)(H,83,97)(H,84,98)/b21-20-/t48?,49-,50+,51?,52?,54?,55+,56+,57+,58+,59+,60+,61?,65+,66+/m1/s1. The number of alkyl halides is 3. The van der Waals surface area contributed by atoms with Crippen LogP contribution in [0.3, 0.4) is 0 Å². The second-order valence-corrected chi connectivity index (χ2v) is 34.0. The van der Waals surface area contributed by atoms with E-state index in [1.807, 2.05) is 47.6 Å². The van der Waals surface area contributed by atoms with Crippen molar-refractivity contribution >= 4 is 70.9 Å². The number of fused-ring (bicyclic) bond motifs is 3. The molecule has 2 bridgehead atoms. The lowest BCUT2D eigenvalue weighted by molar-refractivity contribution is -0.215. The molecule has 28 heteroatoms.